The lowest BCUT2D eigenvalue weighted by Crippen LogP contribution is -2.16. The quantitative estimate of drug-likeness (QED) is 0.802. The summed E-state index contributed by atoms with van der Waals surface area (Å²) in [6.45, 7) is 0.710. The first-order chi connectivity index (χ1) is 8.29. The van der Waals surface area contributed by atoms with Gasteiger partial charge in [0.25, 0.3) is 0 Å². The van der Waals surface area contributed by atoms with Gasteiger partial charge in [0.2, 0.25) is 0 Å². The summed E-state index contributed by atoms with van der Waals surface area (Å²) in [4.78, 5) is 11.6. The highest BCUT2D eigenvalue weighted by Crippen LogP contribution is 2.28. The van der Waals surface area contributed by atoms with Crippen LogP contribution in [0.25, 0.3) is 11.4 Å². The minimum absolute atomic E-state index is 0.135. The molecule has 0 unspecified atom stereocenters. The van der Waals surface area contributed by atoms with Crippen LogP contribution in [-0.4, -0.2) is 21.9 Å². The average Bonchev–Trinajstić information content (AvgIpc) is 2.62. The van der Waals surface area contributed by atoms with E-state index in [1.54, 1.807) is 11.7 Å². The molecule has 0 atom stereocenters. The van der Waals surface area contributed by atoms with Gasteiger partial charge in [-0.3, -0.25) is 4.57 Å². The highest BCUT2D eigenvalue weighted by atomic mass is 16.5. The standard InChI is InChI=1S/C12H13N3O2/c1-17-9-4-5-10-8(7-9)3-2-6-15-11(10)13-14-12(15)16/h4-5,7H,2-3,6H2,1H3,(H,14,16). The summed E-state index contributed by atoms with van der Waals surface area (Å²) in [5.74, 6) is 1.57. The number of H-pyrrole nitrogens is 1. The molecule has 1 aromatic heterocycles. The van der Waals surface area contributed by atoms with Crippen LogP contribution in [0.4, 0.5) is 0 Å². The van der Waals surface area contributed by atoms with Crippen LogP contribution in [0.2, 0.25) is 0 Å². The van der Waals surface area contributed by atoms with Crippen LogP contribution in [0.5, 0.6) is 5.75 Å². The predicted octanol–water partition coefficient (Wildman–Crippen LogP) is 1.19. The fourth-order valence-corrected chi connectivity index (χ4v) is 2.28. The van der Waals surface area contributed by atoms with Crippen molar-refractivity contribution < 1.29 is 4.74 Å². The minimum Gasteiger partial charge on any atom is -0.497 e. The number of nitrogens with zero attached hydrogens (tertiary/aromatic N) is 2. The molecular weight excluding hydrogens is 218 g/mol. The van der Waals surface area contributed by atoms with Gasteiger partial charge in [-0.1, -0.05) is 0 Å². The van der Waals surface area contributed by atoms with Crippen molar-refractivity contribution in [1.29, 1.82) is 0 Å². The molecule has 3 rings (SSSR count). The second-order valence-electron chi connectivity index (χ2n) is 4.13. The van der Waals surface area contributed by atoms with Gasteiger partial charge in [-0.05, 0) is 36.6 Å². The third-order valence-electron chi connectivity index (χ3n) is 3.14. The van der Waals surface area contributed by atoms with Crippen molar-refractivity contribution in [3.05, 3.63) is 34.2 Å². The summed E-state index contributed by atoms with van der Waals surface area (Å²) in [7, 11) is 1.66. The van der Waals surface area contributed by atoms with Gasteiger partial charge < -0.3 is 4.74 Å². The Kier molecular flexibility index (Phi) is 2.24. The van der Waals surface area contributed by atoms with E-state index >= 15 is 0 Å². The summed E-state index contributed by atoms with van der Waals surface area (Å²) >= 11 is 0. The second kappa shape index (κ2) is 3.76. The molecule has 0 saturated heterocycles. The number of methoxy groups -OCH3 is 1. The molecule has 0 saturated carbocycles. The van der Waals surface area contributed by atoms with Crippen molar-refractivity contribution in [2.24, 2.45) is 0 Å². The molecular formula is C12H13N3O2. The minimum atomic E-state index is -0.135. The summed E-state index contributed by atoms with van der Waals surface area (Å²) in [6, 6.07) is 5.88. The van der Waals surface area contributed by atoms with Gasteiger partial charge >= 0.3 is 5.69 Å². The summed E-state index contributed by atoms with van der Waals surface area (Å²) in [6.07, 6.45) is 1.88. The monoisotopic (exact) mass is 231 g/mol. The Labute approximate surface area is 98.0 Å². The number of aromatic nitrogens is 3. The Morgan fingerprint density at radius 3 is 3.18 bits per heavy atom. The zero-order chi connectivity index (χ0) is 11.8. The number of hydrogen-bond acceptors (Lipinski definition) is 3. The van der Waals surface area contributed by atoms with Crippen LogP contribution in [0.15, 0.2) is 23.0 Å². The molecule has 2 aromatic rings. The van der Waals surface area contributed by atoms with Crippen LogP contribution in [-0.2, 0) is 13.0 Å². The molecule has 1 N–H and O–H groups in total. The van der Waals surface area contributed by atoms with Crippen molar-refractivity contribution in [3.63, 3.8) is 0 Å². The molecule has 0 fully saturated rings. The fraction of sp³-hybridized carbons (Fsp3) is 0.333. The van der Waals surface area contributed by atoms with Gasteiger partial charge in [-0.25, -0.2) is 9.89 Å². The Hall–Kier alpha value is -2.04. The van der Waals surface area contributed by atoms with Gasteiger partial charge in [-0.15, -0.1) is 0 Å². The number of aryl methyl sites for hydroxylation is 1. The van der Waals surface area contributed by atoms with E-state index in [9.17, 15) is 4.79 Å². The normalized spacial score (nSPS) is 13.7. The first-order valence-corrected chi connectivity index (χ1v) is 5.62. The number of aromatic amines is 1. The van der Waals surface area contributed by atoms with Gasteiger partial charge in [0, 0.05) is 12.1 Å². The first kappa shape index (κ1) is 10.1. The van der Waals surface area contributed by atoms with E-state index in [2.05, 4.69) is 10.2 Å². The SMILES string of the molecule is COc1ccc2c(c1)CCCn1c-2n[nH]c1=O. The van der Waals surface area contributed by atoms with E-state index in [1.165, 1.54) is 5.56 Å². The molecule has 1 aliphatic heterocycles. The molecule has 5 nitrogen and oxygen atoms in total. The van der Waals surface area contributed by atoms with Crippen molar-refractivity contribution in [2.45, 2.75) is 19.4 Å². The van der Waals surface area contributed by atoms with Crippen LogP contribution in [0, 0.1) is 0 Å². The molecule has 2 heterocycles. The molecule has 1 aromatic carbocycles. The van der Waals surface area contributed by atoms with E-state index in [1.807, 2.05) is 18.2 Å². The van der Waals surface area contributed by atoms with Crippen molar-refractivity contribution >= 4 is 0 Å². The maximum absolute atomic E-state index is 11.6. The van der Waals surface area contributed by atoms with E-state index in [-0.39, 0.29) is 5.69 Å². The van der Waals surface area contributed by atoms with Crippen molar-refractivity contribution in [2.75, 3.05) is 7.11 Å². The molecule has 0 bridgehead atoms. The fourth-order valence-electron chi connectivity index (χ4n) is 2.28. The maximum atomic E-state index is 11.6. The van der Waals surface area contributed by atoms with Gasteiger partial charge in [-0.2, -0.15) is 5.10 Å². The van der Waals surface area contributed by atoms with Crippen LogP contribution in [0.1, 0.15) is 12.0 Å². The Morgan fingerprint density at radius 2 is 2.35 bits per heavy atom. The predicted molar refractivity (Wildman–Crippen MR) is 63.2 cm³/mol. The van der Waals surface area contributed by atoms with E-state index in [4.69, 9.17) is 4.74 Å². The van der Waals surface area contributed by atoms with Crippen LogP contribution < -0.4 is 10.4 Å². The van der Waals surface area contributed by atoms with Gasteiger partial charge in [0.05, 0.1) is 7.11 Å². The summed E-state index contributed by atoms with van der Waals surface area (Å²) < 4.78 is 6.91. The Morgan fingerprint density at radius 1 is 1.47 bits per heavy atom. The van der Waals surface area contributed by atoms with Crippen molar-refractivity contribution in [1.82, 2.24) is 14.8 Å². The van der Waals surface area contributed by atoms with E-state index < -0.39 is 0 Å². The second-order valence-corrected chi connectivity index (χ2v) is 4.13. The number of fused-ring (bicyclic) bond motifs is 3. The zero-order valence-electron chi connectivity index (χ0n) is 9.56. The number of hydrogen-bond donors (Lipinski definition) is 1. The third-order valence-corrected chi connectivity index (χ3v) is 3.14. The van der Waals surface area contributed by atoms with Gasteiger partial charge in [0.1, 0.15) is 5.75 Å². The van der Waals surface area contributed by atoms with Crippen molar-refractivity contribution in [3.8, 4) is 17.1 Å². The lowest BCUT2D eigenvalue weighted by atomic mass is 10.0. The summed E-state index contributed by atoms with van der Waals surface area (Å²) in [5.41, 5.74) is 2.06. The number of benzene rings is 1. The largest absolute Gasteiger partial charge is 0.497 e. The smallest absolute Gasteiger partial charge is 0.343 e. The zero-order valence-corrected chi connectivity index (χ0v) is 9.56. The summed E-state index contributed by atoms with van der Waals surface area (Å²) in [5, 5.41) is 6.60. The van der Waals surface area contributed by atoms with E-state index in [0.29, 0.717) is 6.54 Å². The Bertz CT molecular complexity index is 612. The highest BCUT2D eigenvalue weighted by Gasteiger charge is 2.18. The molecule has 0 aliphatic carbocycles. The van der Waals surface area contributed by atoms with E-state index in [0.717, 1.165) is 30.0 Å². The number of rotatable bonds is 1. The van der Waals surface area contributed by atoms with Crippen LogP contribution >= 0.6 is 0 Å². The van der Waals surface area contributed by atoms with Gasteiger partial charge in [0.15, 0.2) is 5.82 Å². The molecule has 0 spiro atoms. The average molecular weight is 231 g/mol. The first-order valence-electron chi connectivity index (χ1n) is 5.62. The Balaban J connectivity index is 2.22. The molecule has 1 aliphatic rings. The topological polar surface area (TPSA) is 59.9 Å². The van der Waals surface area contributed by atoms with Crippen LogP contribution in [0.3, 0.4) is 0 Å². The highest BCUT2D eigenvalue weighted by molar-refractivity contribution is 5.62. The third kappa shape index (κ3) is 1.54. The molecule has 0 radical (unpaired) electrons. The number of nitrogens with one attached hydrogen (secondary N) is 1. The number of ether oxygens (including phenoxy) is 1. The lowest BCUT2D eigenvalue weighted by Gasteiger charge is -2.07. The molecule has 5 heteroatoms. The molecule has 17 heavy (non-hydrogen) atoms. The maximum Gasteiger partial charge on any atom is 0.343 e. The lowest BCUT2D eigenvalue weighted by molar-refractivity contribution is 0.414. The molecule has 0 amide bonds. The molecule has 88 valence electrons.